The van der Waals surface area contributed by atoms with Gasteiger partial charge < -0.3 is 5.73 Å². The molecule has 3 aromatic heterocycles. The van der Waals surface area contributed by atoms with Crippen LogP contribution in [0.5, 0.6) is 0 Å². The maximum atomic E-state index is 5.59. The minimum absolute atomic E-state index is 0.593. The third-order valence-electron chi connectivity index (χ3n) is 3.07. The molecule has 0 fully saturated rings. The quantitative estimate of drug-likeness (QED) is 0.769. The van der Waals surface area contributed by atoms with Crippen LogP contribution in [0.4, 0.5) is 0 Å². The fourth-order valence-corrected chi connectivity index (χ4v) is 2.11. The highest BCUT2D eigenvalue weighted by molar-refractivity contribution is 5.74. The summed E-state index contributed by atoms with van der Waals surface area (Å²) in [7, 11) is 0. The number of hydrogen-bond donors (Lipinski definition) is 1. The molecule has 0 saturated heterocycles. The van der Waals surface area contributed by atoms with Gasteiger partial charge in [-0.2, -0.15) is 0 Å². The Balaban J connectivity index is 2.23. The Kier molecular flexibility index (Phi) is 2.97. The first-order valence-corrected chi connectivity index (χ1v) is 6.24. The first-order valence-electron chi connectivity index (χ1n) is 6.24. The summed E-state index contributed by atoms with van der Waals surface area (Å²) in [5.41, 5.74) is 9.28. The molecule has 0 saturated carbocycles. The summed E-state index contributed by atoms with van der Waals surface area (Å²) in [5.74, 6) is 0.908. The first-order chi connectivity index (χ1) is 9.29. The van der Waals surface area contributed by atoms with Crippen molar-refractivity contribution in [1.82, 2.24) is 19.4 Å². The van der Waals surface area contributed by atoms with E-state index in [-0.39, 0.29) is 0 Å². The summed E-state index contributed by atoms with van der Waals surface area (Å²) in [6, 6.07) is 5.82. The number of fused-ring (bicyclic) bond motifs is 1. The van der Waals surface area contributed by atoms with Crippen molar-refractivity contribution < 1.29 is 0 Å². The summed E-state index contributed by atoms with van der Waals surface area (Å²) in [5, 5.41) is 0. The predicted molar refractivity (Wildman–Crippen MR) is 73.7 cm³/mol. The molecule has 0 aliphatic rings. The number of rotatable bonds is 3. The van der Waals surface area contributed by atoms with Crippen LogP contribution in [0.15, 0.2) is 36.8 Å². The molecular weight excluding hydrogens is 238 g/mol. The minimum Gasteiger partial charge on any atom is -0.330 e. The van der Waals surface area contributed by atoms with Crippen molar-refractivity contribution in [3.63, 3.8) is 0 Å². The van der Waals surface area contributed by atoms with Crippen molar-refractivity contribution in [3.8, 4) is 11.3 Å². The predicted octanol–water partition coefficient (Wildman–Crippen LogP) is 1.60. The van der Waals surface area contributed by atoms with Gasteiger partial charge in [-0.15, -0.1) is 0 Å². The van der Waals surface area contributed by atoms with Crippen LogP contribution < -0.4 is 5.73 Å². The van der Waals surface area contributed by atoms with Crippen LogP contribution in [0.2, 0.25) is 0 Å². The maximum Gasteiger partial charge on any atom is 0.149 e. The van der Waals surface area contributed by atoms with E-state index in [4.69, 9.17) is 5.73 Å². The Labute approximate surface area is 111 Å². The molecule has 3 rings (SSSR count). The monoisotopic (exact) mass is 253 g/mol. The second-order valence-electron chi connectivity index (χ2n) is 4.40. The van der Waals surface area contributed by atoms with Gasteiger partial charge in [-0.1, -0.05) is 6.07 Å². The van der Waals surface area contributed by atoms with Crippen molar-refractivity contribution in [2.75, 3.05) is 6.54 Å². The van der Waals surface area contributed by atoms with Crippen LogP contribution in [-0.2, 0) is 6.42 Å². The number of nitrogens with two attached hydrogens (primary N) is 1. The van der Waals surface area contributed by atoms with Gasteiger partial charge in [-0.05, 0) is 25.6 Å². The normalized spacial score (nSPS) is 11.1. The smallest absolute Gasteiger partial charge is 0.149 e. The van der Waals surface area contributed by atoms with Gasteiger partial charge in [-0.3, -0.25) is 9.38 Å². The fourth-order valence-electron chi connectivity index (χ4n) is 2.11. The van der Waals surface area contributed by atoms with Gasteiger partial charge in [0.25, 0.3) is 0 Å². The summed E-state index contributed by atoms with van der Waals surface area (Å²) in [4.78, 5) is 13.4. The van der Waals surface area contributed by atoms with Gasteiger partial charge >= 0.3 is 0 Å². The summed E-state index contributed by atoms with van der Waals surface area (Å²) in [6.07, 6.45) is 6.36. The SMILES string of the molecule is Cc1ncc(-c2ccccn2)c2nc(CCN)cn12. The van der Waals surface area contributed by atoms with Crippen LogP contribution in [0.3, 0.4) is 0 Å². The lowest BCUT2D eigenvalue weighted by Crippen LogP contribution is -2.02. The molecule has 5 nitrogen and oxygen atoms in total. The molecule has 2 N–H and O–H groups in total. The fraction of sp³-hybridized carbons (Fsp3) is 0.214. The molecule has 19 heavy (non-hydrogen) atoms. The van der Waals surface area contributed by atoms with Gasteiger partial charge in [-0.25, -0.2) is 9.97 Å². The molecule has 0 radical (unpaired) electrons. The lowest BCUT2D eigenvalue weighted by Gasteiger charge is -2.04. The Bertz CT molecular complexity index is 702. The molecule has 0 aliphatic carbocycles. The molecule has 0 amide bonds. The topological polar surface area (TPSA) is 69.1 Å². The number of aromatic nitrogens is 4. The van der Waals surface area contributed by atoms with Crippen LogP contribution in [-0.4, -0.2) is 25.9 Å². The highest BCUT2D eigenvalue weighted by atomic mass is 15.1. The van der Waals surface area contributed by atoms with Gasteiger partial charge in [0.05, 0.1) is 17.0 Å². The Hall–Kier alpha value is -2.27. The van der Waals surface area contributed by atoms with Crippen LogP contribution in [0.1, 0.15) is 11.5 Å². The molecule has 5 heteroatoms. The zero-order valence-corrected chi connectivity index (χ0v) is 10.7. The zero-order chi connectivity index (χ0) is 13.2. The molecule has 96 valence electrons. The zero-order valence-electron chi connectivity index (χ0n) is 10.7. The number of nitrogens with zero attached hydrogens (tertiary/aromatic N) is 4. The second-order valence-corrected chi connectivity index (χ2v) is 4.40. The Morgan fingerprint density at radius 2 is 2.16 bits per heavy atom. The van der Waals surface area contributed by atoms with Crippen LogP contribution in [0, 0.1) is 6.92 Å². The number of imidazole rings is 1. The molecule has 0 spiro atoms. The van der Waals surface area contributed by atoms with E-state index in [9.17, 15) is 0 Å². The minimum atomic E-state index is 0.593. The molecule has 0 atom stereocenters. The van der Waals surface area contributed by atoms with Crippen molar-refractivity contribution in [3.05, 3.63) is 48.3 Å². The van der Waals surface area contributed by atoms with Crippen LogP contribution >= 0.6 is 0 Å². The molecule has 3 heterocycles. The van der Waals surface area contributed by atoms with E-state index in [1.807, 2.05) is 41.9 Å². The second kappa shape index (κ2) is 4.78. The van der Waals surface area contributed by atoms with E-state index in [1.165, 1.54) is 0 Å². The molecule has 0 aromatic carbocycles. The van der Waals surface area contributed by atoms with Gasteiger partial charge in [0, 0.05) is 25.0 Å². The Morgan fingerprint density at radius 1 is 1.26 bits per heavy atom. The van der Waals surface area contributed by atoms with E-state index in [0.717, 1.165) is 34.8 Å². The molecular formula is C14H15N5. The summed E-state index contributed by atoms with van der Waals surface area (Å²) in [6.45, 7) is 2.55. The average Bonchev–Trinajstić information content (AvgIpc) is 2.85. The van der Waals surface area contributed by atoms with E-state index in [2.05, 4.69) is 15.0 Å². The first kappa shape index (κ1) is 11.8. The Morgan fingerprint density at radius 3 is 2.89 bits per heavy atom. The van der Waals surface area contributed by atoms with E-state index in [1.54, 1.807) is 6.20 Å². The van der Waals surface area contributed by atoms with Crippen molar-refractivity contribution in [2.45, 2.75) is 13.3 Å². The standard InChI is InChI=1S/C14H15N5/c1-10-17-8-12(13-4-2-3-7-16-13)14-18-11(5-6-15)9-19(10)14/h2-4,7-9H,5-6,15H2,1H3. The number of hydrogen-bond acceptors (Lipinski definition) is 4. The van der Waals surface area contributed by atoms with Crippen molar-refractivity contribution in [2.24, 2.45) is 5.73 Å². The highest BCUT2D eigenvalue weighted by Crippen LogP contribution is 2.22. The van der Waals surface area contributed by atoms with E-state index >= 15 is 0 Å². The third-order valence-corrected chi connectivity index (χ3v) is 3.07. The molecule has 3 aromatic rings. The average molecular weight is 253 g/mol. The molecule has 0 bridgehead atoms. The molecule has 0 aliphatic heterocycles. The highest BCUT2D eigenvalue weighted by Gasteiger charge is 2.11. The number of pyridine rings is 1. The largest absolute Gasteiger partial charge is 0.330 e. The van der Waals surface area contributed by atoms with Gasteiger partial charge in [0.2, 0.25) is 0 Å². The van der Waals surface area contributed by atoms with E-state index < -0.39 is 0 Å². The summed E-state index contributed by atoms with van der Waals surface area (Å²) < 4.78 is 2.00. The van der Waals surface area contributed by atoms with Gasteiger partial charge in [0.15, 0.2) is 0 Å². The maximum absolute atomic E-state index is 5.59. The number of aryl methyl sites for hydroxylation is 1. The third kappa shape index (κ3) is 2.08. The van der Waals surface area contributed by atoms with Gasteiger partial charge in [0.1, 0.15) is 11.5 Å². The van der Waals surface area contributed by atoms with E-state index in [0.29, 0.717) is 6.54 Å². The van der Waals surface area contributed by atoms with Crippen molar-refractivity contribution >= 4 is 5.65 Å². The summed E-state index contributed by atoms with van der Waals surface area (Å²) >= 11 is 0. The lowest BCUT2D eigenvalue weighted by atomic mass is 10.2. The van der Waals surface area contributed by atoms with Crippen molar-refractivity contribution in [1.29, 1.82) is 0 Å². The lowest BCUT2D eigenvalue weighted by molar-refractivity contribution is 0.933. The van der Waals surface area contributed by atoms with Crippen LogP contribution in [0.25, 0.3) is 16.9 Å². The molecule has 0 unspecified atom stereocenters.